The van der Waals surface area contributed by atoms with E-state index < -0.39 is 5.97 Å². The fourth-order valence-corrected chi connectivity index (χ4v) is 1.29. The first-order valence-corrected chi connectivity index (χ1v) is 4.78. The highest BCUT2D eigenvalue weighted by molar-refractivity contribution is 5.92. The molecule has 0 unspecified atom stereocenters. The molecule has 0 saturated carbocycles. The summed E-state index contributed by atoms with van der Waals surface area (Å²) in [5, 5.41) is 14.5. The molecule has 2 aromatic rings. The Hall–Kier alpha value is -2.11. The normalized spacial score (nSPS) is 10.9. The molecular formula is C10H10N2O4. The Morgan fingerprint density at radius 1 is 1.56 bits per heavy atom. The van der Waals surface area contributed by atoms with Crippen molar-refractivity contribution in [1.29, 1.82) is 0 Å². The molecule has 6 heteroatoms. The smallest absolute Gasteiger partial charge is 0.338 e. The van der Waals surface area contributed by atoms with Crippen molar-refractivity contribution in [2.75, 3.05) is 0 Å². The van der Waals surface area contributed by atoms with Gasteiger partial charge in [0.25, 0.3) is 0 Å². The van der Waals surface area contributed by atoms with E-state index in [0.717, 1.165) is 0 Å². The van der Waals surface area contributed by atoms with E-state index in [-0.39, 0.29) is 16.5 Å². The van der Waals surface area contributed by atoms with E-state index in [2.05, 4.69) is 9.79 Å². The lowest BCUT2D eigenvalue weighted by molar-refractivity contribution is -0.782. The quantitative estimate of drug-likeness (QED) is 0.560. The number of aromatic nitrogens is 2. The van der Waals surface area contributed by atoms with Crippen molar-refractivity contribution in [3.8, 4) is 0 Å². The summed E-state index contributed by atoms with van der Waals surface area (Å²) in [6, 6.07) is 4.42. The van der Waals surface area contributed by atoms with Gasteiger partial charge >= 0.3 is 5.97 Å². The Morgan fingerprint density at radius 3 is 3.00 bits per heavy atom. The minimum absolute atomic E-state index is 0.190. The maximum atomic E-state index is 11.5. The summed E-state index contributed by atoms with van der Waals surface area (Å²) in [4.78, 5) is 11.8. The zero-order valence-electron chi connectivity index (χ0n) is 8.84. The largest absolute Gasteiger partial charge is 0.459 e. The van der Waals surface area contributed by atoms with E-state index in [9.17, 15) is 10.0 Å². The minimum Gasteiger partial charge on any atom is -0.459 e. The lowest BCUT2D eigenvalue weighted by Gasteiger charge is -2.06. The second kappa shape index (κ2) is 3.80. The van der Waals surface area contributed by atoms with E-state index in [0.29, 0.717) is 11.1 Å². The van der Waals surface area contributed by atoms with Crippen LogP contribution in [0.4, 0.5) is 0 Å². The third kappa shape index (κ3) is 1.81. The van der Waals surface area contributed by atoms with Crippen LogP contribution in [-0.4, -0.2) is 17.2 Å². The Balaban J connectivity index is 2.36. The predicted octanol–water partition coefficient (Wildman–Crippen LogP) is 1.03. The van der Waals surface area contributed by atoms with Crippen LogP contribution in [0.25, 0.3) is 11.0 Å². The molecule has 0 fully saturated rings. The van der Waals surface area contributed by atoms with Crippen LogP contribution in [0.2, 0.25) is 0 Å². The van der Waals surface area contributed by atoms with Gasteiger partial charge < -0.3 is 9.94 Å². The van der Waals surface area contributed by atoms with Gasteiger partial charge in [0.05, 0.1) is 11.7 Å². The average molecular weight is 222 g/mol. The highest BCUT2D eigenvalue weighted by Gasteiger charge is 2.15. The number of rotatable bonds is 2. The third-order valence-corrected chi connectivity index (χ3v) is 1.96. The molecular weight excluding hydrogens is 212 g/mol. The third-order valence-electron chi connectivity index (χ3n) is 1.96. The number of carbonyl (C=O) groups excluding carboxylic acids is 1. The van der Waals surface area contributed by atoms with Gasteiger partial charge in [0.15, 0.2) is 0 Å². The molecule has 0 N–H and O–H groups in total. The molecule has 0 saturated heterocycles. The molecule has 1 heterocycles. The van der Waals surface area contributed by atoms with E-state index in [1.807, 2.05) is 0 Å². The summed E-state index contributed by atoms with van der Waals surface area (Å²) in [6.07, 6.45) is -0.190. The van der Waals surface area contributed by atoms with E-state index in [1.54, 1.807) is 13.8 Å². The second-order valence-corrected chi connectivity index (χ2v) is 3.59. The van der Waals surface area contributed by atoms with E-state index in [1.165, 1.54) is 18.2 Å². The predicted molar refractivity (Wildman–Crippen MR) is 53.5 cm³/mol. The standard InChI is InChI=1S/C10H10N2O4/c1-6(2)15-10(13)7-3-4-9-8(5-7)11-16-12(9)14/h3-6H,1-2H3. The van der Waals surface area contributed by atoms with Crippen molar-refractivity contribution >= 4 is 17.0 Å². The molecule has 0 spiro atoms. The molecule has 0 aliphatic rings. The van der Waals surface area contributed by atoms with Crippen LogP contribution in [-0.2, 0) is 4.74 Å². The highest BCUT2D eigenvalue weighted by Crippen LogP contribution is 2.12. The zero-order chi connectivity index (χ0) is 11.7. The summed E-state index contributed by atoms with van der Waals surface area (Å²) >= 11 is 0. The van der Waals surface area contributed by atoms with Gasteiger partial charge in [-0.2, -0.15) is 0 Å². The Bertz CT molecular complexity index is 533. The van der Waals surface area contributed by atoms with Crippen molar-refractivity contribution in [1.82, 2.24) is 5.16 Å². The van der Waals surface area contributed by atoms with Crippen molar-refractivity contribution in [3.63, 3.8) is 0 Å². The maximum Gasteiger partial charge on any atom is 0.338 e. The summed E-state index contributed by atoms with van der Waals surface area (Å²) in [5.74, 6) is -0.447. The van der Waals surface area contributed by atoms with E-state index in [4.69, 9.17) is 4.74 Å². The monoisotopic (exact) mass is 222 g/mol. The first kappa shape index (κ1) is 10.4. The van der Waals surface area contributed by atoms with Crippen molar-refractivity contribution in [2.24, 2.45) is 0 Å². The molecule has 0 radical (unpaired) electrons. The van der Waals surface area contributed by atoms with Crippen LogP contribution in [0.5, 0.6) is 0 Å². The van der Waals surface area contributed by atoms with E-state index >= 15 is 0 Å². The molecule has 84 valence electrons. The number of hydrogen-bond donors (Lipinski definition) is 0. The molecule has 6 nitrogen and oxygen atoms in total. The SMILES string of the molecule is CC(C)OC(=O)c1ccc2c(c1)no[n+]2[O-]. The van der Waals surface area contributed by atoms with Crippen LogP contribution in [0.1, 0.15) is 24.2 Å². The van der Waals surface area contributed by atoms with Gasteiger partial charge in [-0.05, 0) is 30.9 Å². The first-order chi connectivity index (χ1) is 7.58. The van der Waals surface area contributed by atoms with Crippen LogP contribution in [0.3, 0.4) is 0 Å². The fourth-order valence-electron chi connectivity index (χ4n) is 1.29. The lowest BCUT2D eigenvalue weighted by atomic mass is 10.2. The number of benzene rings is 1. The van der Waals surface area contributed by atoms with Gasteiger partial charge in [-0.15, -0.1) is 0 Å². The first-order valence-electron chi connectivity index (χ1n) is 4.78. The summed E-state index contributed by atoms with van der Waals surface area (Å²) < 4.78 is 9.40. The van der Waals surface area contributed by atoms with Gasteiger partial charge in [0.1, 0.15) is 0 Å². The number of hydrogen-bond acceptors (Lipinski definition) is 5. The maximum absolute atomic E-state index is 11.5. The number of nitrogens with zero attached hydrogens (tertiary/aromatic N) is 2. The molecule has 0 aliphatic heterocycles. The zero-order valence-corrected chi connectivity index (χ0v) is 8.84. The molecule has 16 heavy (non-hydrogen) atoms. The summed E-state index contributed by atoms with van der Waals surface area (Å²) in [7, 11) is 0. The molecule has 1 aromatic carbocycles. The topological polar surface area (TPSA) is 79.3 Å². The van der Waals surface area contributed by atoms with Crippen LogP contribution >= 0.6 is 0 Å². The number of esters is 1. The molecule has 1 aromatic heterocycles. The Morgan fingerprint density at radius 2 is 2.31 bits per heavy atom. The Kier molecular flexibility index (Phi) is 2.47. The van der Waals surface area contributed by atoms with Crippen LogP contribution in [0, 0.1) is 5.21 Å². The van der Waals surface area contributed by atoms with Gasteiger partial charge in [-0.1, -0.05) is 0 Å². The number of carbonyl (C=O) groups is 1. The number of fused-ring (bicyclic) bond motifs is 1. The number of ether oxygens (including phenoxy) is 1. The highest BCUT2D eigenvalue weighted by atomic mass is 16.8. The molecule has 2 rings (SSSR count). The second-order valence-electron chi connectivity index (χ2n) is 3.59. The van der Waals surface area contributed by atoms with Gasteiger partial charge in [0.2, 0.25) is 11.0 Å². The summed E-state index contributed by atoms with van der Waals surface area (Å²) in [5.41, 5.74) is 0.949. The molecule has 0 amide bonds. The summed E-state index contributed by atoms with van der Waals surface area (Å²) in [6.45, 7) is 3.52. The lowest BCUT2D eigenvalue weighted by Crippen LogP contribution is -2.22. The van der Waals surface area contributed by atoms with Gasteiger partial charge in [-0.3, -0.25) is 4.63 Å². The van der Waals surface area contributed by atoms with Gasteiger partial charge in [0, 0.05) is 11.2 Å². The minimum atomic E-state index is -0.447. The van der Waals surface area contributed by atoms with Crippen molar-refractivity contribution < 1.29 is 19.1 Å². The average Bonchev–Trinajstić information content (AvgIpc) is 2.59. The Labute approximate surface area is 90.9 Å². The molecule has 0 bridgehead atoms. The molecule has 0 aliphatic carbocycles. The van der Waals surface area contributed by atoms with Crippen molar-refractivity contribution in [2.45, 2.75) is 20.0 Å². The van der Waals surface area contributed by atoms with Crippen LogP contribution in [0.15, 0.2) is 22.8 Å². The fraction of sp³-hybridized carbons (Fsp3) is 0.300. The van der Waals surface area contributed by atoms with Crippen LogP contribution < -0.4 is 4.90 Å². The van der Waals surface area contributed by atoms with Crippen molar-refractivity contribution in [3.05, 3.63) is 29.0 Å². The van der Waals surface area contributed by atoms with Gasteiger partial charge in [-0.25, -0.2) is 4.79 Å². The molecule has 0 atom stereocenters.